The van der Waals surface area contributed by atoms with Crippen LogP contribution >= 0.6 is 38.5 Å². The van der Waals surface area contributed by atoms with E-state index >= 15 is 0 Å². The minimum atomic E-state index is -0.130. The van der Waals surface area contributed by atoms with E-state index in [0.717, 1.165) is 3.57 Å². The van der Waals surface area contributed by atoms with Gasteiger partial charge in [0.05, 0.1) is 6.20 Å². The SMILES string of the molecule is O=c1cc(I)cnn1Cc1ccc(Br)o1. The molecule has 0 unspecified atom stereocenters. The van der Waals surface area contributed by atoms with Crippen LogP contribution in [0.15, 0.2) is 38.3 Å². The Hall–Kier alpha value is -0.630. The molecule has 78 valence electrons. The summed E-state index contributed by atoms with van der Waals surface area (Å²) in [6, 6.07) is 5.12. The van der Waals surface area contributed by atoms with Crippen LogP contribution in [-0.2, 0) is 6.54 Å². The third kappa shape index (κ3) is 2.69. The summed E-state index contributed by atoms with van der Waals surface area (Å²) in [5.74, 6) is 0.692. The molecule has 0 fully saturated rings. The first-order valence-electron chi connectivity index (χ1n) is 4.12. The zero-order valence-electron chi connectivity index (χ0n) is 7.48. The van der Waals surface area contributed by atoms with Crippen molar-refractivity contribution in [2.75, 3.05) is 0 Å². The van der Waals surface area contributed by atoms with Crippen molar-refractivity contribution in [1.29, 1.82) is 0 Å². The Bertz CT molecular complexity index is 535. The summed E-state index contributed by atoms with van der Waals surface area (Å²) in [6.07, 6.45) is 1.64. The van der Waals surface area contributed by atoms with E-state index in [0.29, 0.717) is 17.0 Å². The lowest BCUT2D eigenvalue weighted by atomic mass is 10.4. The molecule has 0 radical (unpaired) electrons. The van der Waals surface area contributed by atoms with E-state index in [2.05, 4.69) is 43.6 Å². The molecule has 0 aliphatic carbocycles. The molecular weight excluding hydrogens is 375 g/mol. The number of rotatable bonds is 2. The van der Waals surface area contributed by atoms with Crippen LogP contribution in [0.4, 0.5) is 0 Å². The van der Waals surface area contributed by atoms with E-state index in [1.165, 1.54) is 10.7 Å². The Morgan fingerprint density at radius 3 is 2.93 bits per heavy atom. The molecule has 0 amide bonds. The molecule has 0 aliphatic heterocycles. The van der Waals surface area contributed by atoms with Crippen LogP contribution in [0.3, 0.4) is 0 Å². The highest BCUT2D eigenvalue weighted by atomic mass is 127. The summed E-state index contributed by atoms with van der Waals surface area (Å²) in [7, 11) is 0. The van der Waals surface area contributed by atoms with Gasteiger partial charge in [-0.2, -0.15) is 5.10 Å². The molecule has 0 atom stereocenters. The maximum Gasteiger partial charge on any atom is 0.268 e. The molecular formula is C9H6BrIN2O2. The lowest BCUT2D eigenvalue weighted by molar-refractivity contribution is 0.455. The van der Waals surface area contributed by atoms with E-state index in [-0.39, 0.29) is 5.56 Å². The van der Waals surface area contributed by atoms with Crippen molar-refractivity contribution in [3.63, 3.8) is 0 Å². The Morgan fingerprint density at radius 2 is 2.33 bits per heavy atom. The first kappa shape index (κ1) is 10.9. The van der Waals surface area contributed by atoms with E-state index in [9.17, 15) is 4.79 Å². The molecule has 2 rings (SSSR count). The van der Waals surface area contributed by atoms with Crippen LogP contribution in [0.2, 0.25) is 0 Å². The minimum absolute atomic E-state index is 0.130. The van der Waals surface area contributed by atoms with Crippen molar-refractivity contribution in [1.82, 2.24) is 9.78 Å². The van der Waals surface area contributed by atoms with Gasteiger partial charge in [-0.3, -0.25) is 4.79 Å². The van der Waals surface area contributed by atoms with Gasteiger partial charge in [0.15, 0.2) is 4.67 Å². The highest BCUT2D eigenvalue weighted by Gasteiger charge is 2.03. The topological polar surface area (TPSA) is 48.0 Å². The van der Waals surface area contributed by atoms with Gasteiger partial charge in [0.25, 0.3) is 5.56 Å². The summed E-state index contributed by atoms with van der Waals surface area (Å²) in [6.45, 7) is 0.349. The summed E-state index contributed by atoms with van der Waals surface area (Å²) in [5, 5.41) is 4.00. The van der Waals surface area contributed by atoms with E-state index in [1.54, 1.807) is 18.3 Å². The Balaban J connectivity index is 2.28. The van der Waals surface area contributed by atoms with Crippen LogP contribution in [-0.4, -0.2) is 9.78 Å². The molecule has 2 aromatic heterocycles. The predicted octanol–water partition coefficient (Wildman–Crippen LogP) is 2.25. The van der Waals surface area contributed by atoms with Crippen molar-refractivity contribution in [2.45, 2.75) is 6.54 Å². The van der Waals surface area contributed by atoms with Gasteiger partial charge in [0, 0.05) is 9.64 Å². The fourth-order valence-corrected chi connectivity index (χ4v) is 1.85. The lowest BCUT2D eigenvalue weighted by Crippen LogP contribution is -2.22. The van der Waals surface area contributed by atoms with Gasteiger partial charge in [-0.15, -0.1) is 0 Å². The molecule has 0 aromatic carbocycles. The molecule has 0 bridgehead atoms. The second-order valence-electron chi connectivity index (χ2n) is 2.88. The van der Waals surface area contributed by atoms with Gasteiger partial charge in [0.1, 0.15) is 12.3 Å². The Labute approximate surface area is 108 Å². The maximum absolute atomic E-state index is 11.5. The summed E-state index contributed by atoms with van der Waals surface area (Å²) in [4.78, 5) is 11.5. The normalized spacial score (nSPS) is 10.5. The van der Waals surface area contributed by atoms with Gasteiger partial charge in [-0.25, -0.2) is 4.68 Å². The smallest absolute Gasteiger partial charge is 0.268 e. The van der Waals surface area contributed by atoms with Crippen molar-refractivity contribution >= 4 is 38.5 Å². The highest BCUT2D eigenvalue weighted by Crippen LogP contribution is 2.14. The van der Waals surface area contributed by atoms with Crippen LogP contribution in [0.5, 0.6) is 0 Å². The van der Waals surface area contributed by atoms with E-state index < -0.39 is 0 Å². The number of hydrogen-bond acceptors (Lipinski definition) is 3. The molecule has 2 heterocycles. The van der Waals surface area contributed by atoms with Gasteiger partial charge in [0.2, 0.25) is 0 Å². The zero-order valence-corrected chi connectivity index (χ0v) is 11.2. The van der Waals surface area contributed by atoms with Crippen LogP contribution in [0.1, 0.15) is 5.76 Å². The molecule has 0 saturated heterocycles. The van der Waals surface area contributed by atoms with Crippen LogP contribution in [0.25, 0.3) is 0 Å². The van der Waals surface area contributed by atoms with E-state index in [1.807, 2.05) is 0 Å². The quantitative estimate of drug-likeness (QED) is 0.751. The highest BCUT2D eigenvalue weighted by molar-refractivity contribution is 14.1. The lowest BCUT2D eigenvalue weighted by Gasteiger charge is -2.00. The summed E-state index contributed by atoms with van der Waals surface area (Å²) >= 11 is 5.25. The number of furan rings is 1. The fourth-order valence-electron chi connectivity index (χ4n) is 1.11. The first-order chi connectivity index (χ1) is 7.15. The maximum atomic E-state index is 11.5. The van der Waals surface area contributed by atoms with Crippen molar-refractivity contribution < 1.29 is 4.42 Å². The monoisotopic (exact) mass is 380 g/mol. The standard InChI is InChI=1S/C9H6BrIN2O2/c10-8-2-1-7(15-8)5-13-9(14)3-6(11)4-12-13/h1-4H,5H2. The molecule has 6 heteroatoms. The first-order valence-corrected chi connectivity index (χ1v) is 5.99. The van der Waals surface area contributed by atoms with Gasteiger partial charge in [-0.1, -0.05) is 0 Å². The van der Waals surface area contributed by atoms with Gasteiger partial charge < -0.3 is 4.42 Å². The number of nitrogens with zero attached hydrogens (tertiary/aromatic N) is 2. The second-order valence-corrected chi connectivity index (χ2v) is 4.90. The second kappa shape index (κ2) is 4.48. The largest absolute Gasteiger partial charge is 0.452 e. The zero-order chi connectivity index (χ0) is 10.8. The number of hydrogen-bond donors (Lipinski definition) is 0. The third-order valence-corrected chi connectivity index (χ3v) is 2.79. The predicted molar refractivity (Wildman–Crippen MR) is 66.7 cm³/mol. The molecule has 0 aliphatic rings. The van der Waals surface area contributed by atoms with Crippen molar-refractivity contribution in [2.24, 2.45) is 0 Å². The molecule has 2 aromatic rings. The molecule has 0 N–H and O–H groups in total. The average molecular weight is 381 g/mol. The van der Waals surface area contributed by atoms with Crippen molar-refractivity contribution in [3.8, 4) is 0 Å². The Morgan fingerprint density at radius 1 is 1.53 bits per heavy atom. The average Bonchev–Trinajstić information content (AvgIpc) is 2.56. The molecule has 15 heavy (non-hydrogen) atoms. The molecule has 0 saturated carbocycles. The Kier molecular flexibility index (Phi) is 3.25. The number of halogens is 2. The number of aromatic nitrogens is 2. The van der Waals surface area contributed by atoms with Crippen LogP contribution < -0.4 is 5.56 Å². The van der Waals surface area contributed by atoms with Gasteiger partial charge in [-0.05, 0) is 50.7 Å². The minimum Gasteiger partial charge on any atom is -0.452 e. The van der Waals surface area contributed by atoms with Crippen LogP contribution in [0, 0.1) is 3.57 Å². The molecule has 0 spiro atoms. The summed E-state index contributed by atoms with van der Waals surface area (Å²) < 4.78 is 8.12. The van der Waals surface area contributed by atoms with Crippen molar-refractivity contribution in [3.05, 3.63) is 48.7 Å². The fraction of sp³-hybridized carbons (Fsp3) is 0.111. The summed E-state index contributed by atoms with van der Waals surface area (Å²) in [5.41, 5.74) is -0.130. The van der Waals surface area contributed by atoms with Gasteiger partial charge >= 0.3 is 0 Å². The molecule has 4 nitrogen and oxygen atoms in total. The third-order valence-electron chi connectivity index (χ3n) is 1.77. The van der Waals surface area contributed by atoms with E-state index in [4.69, 9.17) is 4.42 Å².